The maximum absolute atomic E-state index is 5.48. The van der Waals surface area contributed by atoms with E-state index in [9.17, 15) is 0 Å². The first-order valence-corrected chi connectivity index (χ1v) is 7.80. The zero-order chi connectivity index (χ0) is 15.6. The van der Waals surface area contributed by atoms with Gasteiger partial charge in [-0.3, -0.25) is 0 Å². The minimum absolute atomic E-state index is 0.568. The van der Waals surface area contributed by atoms with Gasteiger partial charge in [0.25, 0.3) is 0 Å². The zero-order valence-electron chi connectivity index (χ0n) is 13.7. The quantitative estimate of drug-likeness (QED) is 0.305. The van der Waals surface area contributed by atoms with Crippen LogP contribution < -0.4 is 0 Å². The van der Waals surface area contributed by atoms with Gasteiger partial charge in [0.1, 0.15) is 0 Å². The van der Waals surface area contributed by atoms with E-state index in [1.165, 1.54) is 0 Å². The minimum atomic E-state index is 0.568. The molecule has 0 amide bonds. The molecule has 0 radical (unpaired) electrons. The lowest BCUT2D eigenvalue weighted by Gasteiger charge is -2.10. The van der Waals surface area contributed by atoms with E-state index in [-0.39, 0.29) is 0 Å². The van der Waals surface area contributed by atoms with Gasteiger partial charge in [-0.15, -0.1) is 6.58 Å². The average Bonchev–Trinajstić information content (AvgIpc) is 2.50. The summed E-state index contributed by atoms with van der Waals surface area (Å²) < 4.78 is 26.8. The van der Waals surface area contributed by atoms with Gasteiger partial charge >= 0.3 is 0 Å². The number of ether oxygens (including phenoxy) is 5. The fourth-order valence-corrected chi connectivity index (χ4v) is 1.35. The largest absolute Gasteiger partial charge is 0.379 e. The first kappa shape index (κ1) is 20.5. The van der Waals surface area contributed by atoms with Crippen molar-refractivity contribution in [3.63, 3.8) is 0 Å². The molecule has 0 aliphatic carbocycles. The van der Waals surface area contributed by atoms with Crippen LogP contribution >= 0.6 is 0 Å². The molecule has 0 aromatic heterocycles. The monoisotopic (exact) mass is 304 g/mol. The molecule has 0 aliphatic heterocycles. The molecule has 0 saturated carbocycles. The Labute approximate surface area is 129 Å². The number of hydrogen-bond donors (Lipinski definition) is 0. The predicted octanol–water partition coefficient (Wildman–Crippen LogP) is 2.30. The normalized spacial score (nSPS) is 12.5. The summed E-state index contributed by atoms with van der Waals surface area (Å²) in [6, 6.07) is 0. The lowest BCUT2D eigenvalue weighted by Crippen LogP contribution is -2.14. The second kappa shape index (κ2) is 17.6. The number of rotatable bonds is 17. The smallest absolute Gasteiger partial charge is 0.0704 e. The van der Waals surface area contributed by atoms with Crippen LogP contribution in [0.1, 0.15) is 20.3 Å². The molecule has 1 unspecified atom stereocenters. The highest BCUT2D eigenvalue weighted by Gasteiger charge is 1.98. The summed E-state index contributed by atoms with van der Waals surface area (Å²) in [5.74, 6) is 0.621. The van der Waals surface area contributed by atoms with Crippen molar-refractivity contribution in [1.29, 1.82) is 0 Å². The Morgan fingerprint density at radius 3 is 1.62 bits per heavy atom. The van der Waals surface area contributed by atoms with Crippen LogP contribution in [-0.2, 0) is 23.7 Å². The number of hydrogen-bond acceptors (Lipinski definition) is 5. The van der Waals surface area contributed by atoms with E-state index >= 15 is 0 Å². The molecule has 0 bridgehead atoms. The van der Waals surface area contributed by atoms with E-state index in [1.54, 1.807) is 6.08 Å². The van der Waals surface area contributed by atoms with Crippen LogP contribution in [-0.4, -0.2) is 66.1 Å². The third-order valence-corrected chi connectivity index (χ3v) is 2.82. The van der Waals surface area contributed by atoms with Crippen molar-refractivity contribution in [2.24, 2.45) is 5.92 Å². The van der Waals surface area contributed by atoms with Crippen LogP contribution in [0.2, 0.25) is 0 Å². The molecular formula is C16H32O5. The molecule has 0 aromatic rings. The van der Waals surface area contributed by atoms with Crippen molar-refractivity contribution < 1.29 is 23.7 Å². The van der Waals surface area contributed by atoms with Gasteiger partial charge in [-0.1, -0.05) is 26.3 Å². The van der Waals surface area contributed by atoms with Gasteiger partial charge in [-0.05, 0) is 5.92 Å². The third-order valence-electron chi connectivity index (χ3n) is 2.82. The van der Waals surface area contributed by atoms with Crippen LogP contribution in [0.5, 0.6) is 0 Å². The van der Waals surface area contributed by atoms with Crippen molar-refractivity contribution in [3.05, 3.63) is 12.7 Å². The molecule has 21 heavy (non-hydrogen) atoms. The summed E-state index contributed by atoms with van der Waals surface area (Å²) in [7, 11) is 0. The fraction of sp³-hybridized carbons (Fsp3) is 0.875. The maximum atomic E-state index is 5.48. The minimum Gasteiger partial charge on any atom is -0.379 e. The van der Waals surface area contributed by atoms with Gasteiger partial charge in [0, 0.05) is 6.61 Å². The van der Waals surface area contributed by atoms with E-state index in [0.29, 0.717) is 65.4 Å². The molecule has 0 rings (SSSR count). The molecule has 5 heteroatoms. The van der Waals surface area contributed by atoms with E-state index in [0.717, 1.165) is 13.0 Å². The topological polar surface area (TPSA) is 46.2 Å². The Bertz CT molecular complexity index is 211. The van der Waals surface area contributed by atoms with Crippen LogP contribution in [0.4, 0.5) is 0 Å². The highest BCUT2D eigenvalue weighted by Crippen LogP contribution is 1.99. The van der Waals surface area contributed by atoms with Gasteiger partial charge < -0.3 is 23.7 Å². The molecular weight excluding hydrogens is 272 g/mol. The van der Waals surface area contributed by atoms with E-state index in [2.05, 4.69) is 20.4 Å². The van der Waals surface area contributed by atoms with Gasteiger partial charge in [0.05, 0.1) is 59.5 Å². The third kappa shape index (κ3) is 17.5. The average molecular weight is 304 g/mol. The molecule has 0 fully saturated rings. The summed E-state index contributed by atoms with van der Waals surface area (Å²) >= 11 is 0. The highest BCUT2D eigenvalue weighted by atomic mass is 16.6. The Kier molecular flexibility index (Phi) is 17.2. The molecule has 0 heterocycles. The fourth-order valence-electron chi connectivity index (χ4n) is 1.35. The molecule has 0 saturated heterocycles. The first-order valence-electron chi connectivity index (χ1n) is 7.80. The summed E-state index contributed by atoms with van der Waals surface area (Å²) in [5, 5.41) is 0. The van der Waals surface area contributed by atoms with Crippen LogP contribution in [0.15, 0.2) is 12.7 Å². The highest BCUT2D eigenvalue weighted by molar-refractivity contribution is 4.63. The Balaban J connectivity index is 2.98. The predicted molar refractivity (Wildman–Crippen MR) is 83.7 cm³/mol. The van der Waals surface area contributed by atoms with E-state index in [1.807, 2.05) is 0 Å². The summed E-state index contributed by atoms with van der Waals surface area (Å²) in [6.45, 7) is 14.1. The van der Waals surface area contributed by atoms with Gasteiger partial charge in [-0.25, -0.2) is 0 Å². The van der Waals surface area contributed by atoms with E-state index in [4.69, 9.17) is 23.7 Å². The van der Waals surface area contributed by atoms with Crippen LogP contribution in [0.25, 0.3) is 0 Å². The zero-order valence-corrected chi connectivity index (χ0v) is 13.7. The SMILES string of the molecule is C=CCOCCOCCOCCOCCOCC(C)CC. The van der Waals surface area contributed by atoms with Crippen molar-refractivity contribution in [3.8, 4) is 0 Å². The Morgan fingerprint density at radius 2 is 1.19 bits per heavy atom. The van der Waals surface area contributed by atoms with Crippen molar-refractivity contribution in [2.45, 2.75) is 20.3 Å². The maximum Gasteiger partial charge on any atom is 0.0704 e. The van der Waals surface area contributed by atoms with Crippen LogP contribution in [0, 0.1) is 5.92 Å². The van der Waals surface area contributed by atoms with Gasteiger partial charge in [-0.2, -0.15) is 0 Å². The Morgan fingerprint density at radius 1 is 0.762 bits per heavy atom. The lowest BCUT2D eigenvalue weighted by molar-refractivity contribution is -0.0118. The molecule has 0 aromatic carbocycles. The lowest BCUT2D eigenvalue weighted by atomic mass is 10.1. The standard InChI is InChI=1S/C16H32O5/c1-4-6-17-7-8-18-9-10-19-11-12-20-13-14-21-15-16(3)5-2/h4,16H,1,5-15H2,2-3H3. The molecule has 1 atom stereocenters. The Hall–Kier alpha value is -0.460. The molecule has 0 spiro atoms. The molecule has 0 aliphatic rings. The van der Waals surface area contributed by atoms with Gasteiger partial charge in [0.2, 0.25) is 0 Å². The summed E-state index contributed by atoms with van der Waals surface area (Å²) in [5.41, 5.74) is 0. The van der Waals surface area contributed by atoms with Crippen molar-refractivity contribution >= 4 is 0 Å². The summed E-state index contributed by atoms with van der Waals surface area (Å²) in [6.07, 6.45) is 2.87. The van der Waals surface area contributed by atoms with Gasteiger partial charge in [0.15, 0.2) is 0 Å². The van der Waals surface area contributed by atoms with Crippen molar-refractivity contribution in [1.82, 2.24) is 0 Å². The molecule has 0 N–H and O–H groups in total. The van der Waals surface area contributed by atoms with Crippen molar-refractivity contribution in [2.75, 3.05) is 66.1 Å². The molecule has 126 valence electrons. The van der Waals surface area contributed by atoms with E-state index < -0.39 is 0 Å². The second-order valence-electron chi connectivity index (χ2n) is 4.79. The van der Waals surface area contributed by atoms with Crippen LogP contribution in [0.3, 0.4) is 0 Å². The summed E-state index contributed by atoms with van der Waals surface area (Å²) in [4.78, 5) is 0. The second-order valence-corrected chi connectivity index (χ2v) is 4.79. The first-order chi connectivity index (χ1) is 10.3. The molecule has 5 nitrogen and oxygen atoms in total.